The molecule has 1 unspecified atom stereocenters. The maximum Gasteiger partial charge on any atom is 0.177 e. The van der Waals surface area contributed by atoms with E-state index >= 15 is 0 Å². The predicted molar refractivity (Wildman–Crippen MR) is 69.5 cm³/mol. The van der Waals surface area contributed by atoms with Gasteiger partial charge in [0.1, 0.15) is 0 Å². The van der Waals surface area contributed by atoms with E-state index in [9.17, 15) is 0 Å². The minimum Gasteiger partial charge on any atom is -0.383 e. The number of nitrogens with one attached hydrogen (secondary N) is 1. The van der Waals surface area contributed by atoms with Crippen molar-refractivity contribution in [1.29, 1.82) is 0 Å². The van der Waals surface area contributed by atoms with Crippen LogP contribution in [0.3, 0.4) is 0 Å². The molecule has 1 aromatic heterocycles. The van der Waals surface area contributed by atoms with Crippen LogP contribution in [-0.4, -0.2) is 23.3 Å². The molecule has 0 aromatic carbocycles. The van der Waals surface area contributed by atoms with Crippen molar-refractivity contribution in [2.45, 2.75) is 39.7 Å². The predicted octanol–water partition coefficient (Wildman–Crippen LogP) is 3.51. The van der Waals surface area contributed by atoms with Crippen LogP contribution < -0.4 is 0 Å². The first-order valence-electron chi connectivity index (χ1n) is 5.77. The van der Waals surface area contributed by atoms with Gasteiger partial charge in [0.25, 0.3) is 0 Å². The standard InChI is InChI=1S/C12H22N2OS/c1-8(2)10-6-13-12(16)14(10)11(7-15-5)9(3)4/h6,8-9,11H,7H2,1-5H3,(H,13,16). The van der Waals surface area contributed by atoms with Crippen molar-refractivity contribution in [3.8, 4) is 0 Å². The summed E-state index contributed by atoms with van der Waals surface area (Å²) >= 11 is 5.35. The van der Waals surface area contributed by atoms with Gasteiger partial charge in [0, 0.05) is 19.0 Å². The number of hydrogen-bond acceptors (Lipinski definition) is 2. The fourth-order valence-corrected chi connectivity index (χ4v) is 2.21. The molecule has 1 aromatic rings. The Labute approximate surface area is 103 Å². The van der Waals surface area contributed by atoms with Gasteiger partial charge in [-0.2, -0.15) is 0 Å². The summed E-state index contributed by atoms with van der Waals surface area (Å²) in [6.07, 6.45) is 2.01. The molecule has 0 spiro atoms. The Hall–Kier alpha value is -0.610. The summed E-state index contributed by atoms with van der Waals surface area (Å²) in [5.74, 6) is 0.964. The number of hydrogen-bond donors (Lipinski definition) is 1. The molecule has 16 heavy (non-hydrogen) atoms. The van der Waals surface area contributed by atoms with Crippen molar-refractivity contribution in [3.63, 3.8) is 0 Å². The molecule has 0 saturated carbocycles. The summed E-state index contributed by atoms with van der Waals surface area (Å²) in [4.78, 5) is 3.13. The van der Waals surface area contributed by atoms with E-state index in [2.05, 4.69) is 37.2 Å². The maximum atomic E-state index is 5.35. The molecule has 3 nitrogen and oxygen atoms in total. The van der Waals surface area contributed by atoms with Crippen LogP contribution in [0.5, 0.6) is 0 Å². The summed E-state index contributed by atoms with van der Waals surface area (Å²) < 4.78 is 8.29. The van der Waals surface area contributed by atoms with Gasteiger partial charge in [-0.15, -0.1) is 0 Å². The fraction of sp³-hybridized carbons (Fsp3) is 0.750. The van der Waals surface area contributed by atoms with Gasteiger partial charge in [-0.3, -0.25) is 0 Å². The Kier molecular flexibility index (Phi) is 4.74. The number of rotatable bonds is 5. The summed E-state index contributed by atoms with van der Waals surface area (Å²) in [7, 11) is 1.74. The highest BCUT2D eigenvalue weighted by Crippen LogP contribution is 2.25. The number of ether oxygens (including phenoxy) is 1. The molecule has 92 valence electrons. The molecule has 0 radical (unpaired) electrons. The highest BCUT2D eigenvalue weighted by molar-refractivity contribution is 7.71. The lowest BCUT2D eigenvalue weighted by Crippen LogP contribution is -2.22. The molecule has 0 aliphatic carbocycles. The molecule has 4 heteroatoms. The molecule has 1 atom stereocenters. The maximum absolute atomic E-state index is 5.35. The molecule has 1 heterocycles. The summed E-state index contributed by atoms with van der Waals surface area (Å²) in [5, 5.41) is 0. The van der Waals surface area contributed by atoms with Crippen molar-refractivity contribution < 1.29 is 4.74 Å². The Balaban J connectivity index is 3.17. The van der Waals surface area contributed by atoms with Gasteiger partial charge in [0.05, 0.1) is 12.6 Å². The number of imidazole rings is 1. The second-order valence-corrected chi connectivity index (χ2v) is 5.20. The van der Waals surface area contributed by atoms with Gasteiger partial charge in [-0.25, -0.2) is 0 Å². The zero-order valence-electron chi connectivity index (χ0n) is 10.8. The van der Waals surface area contributed by atoms with E-state index in [1.165, 1.54) is 5.69 Å². The van der Waals surface area contributed by atoms with E-state index in [0.29, 0.717) is 24.5 Å². The lowest BCUT2D eigenvalue weighted by atomic mass is 10.0. The topological polar surface area (TPSA) is 29.9 Å². The van der Waals surface area contributed by atoms with E-state index in [1.807, 2.05) is 6.20 Å². The van der Waals surface area contributed by atoms with Crippen LogP contribution in [0.15, 0.2) is 6.20 Å². The molecule has 1 rings (SSSR count). The summed E-state index contributed by atoms with van der Waals surface area (Å²) in [6, 6.07) is 0.307. The zero-order chi connectivity index (χ0) is 12.3. The van der Waals surface area contributed by atoms with Gasteiger partial charge in [0.2, 0.25) is 0 Å². The molecule has 0 amide bonds. The molecule has 0 aliphatic rings. The monoisotopic (exact) mass is 242 g/mol. The van der Waals surface area contributed by atoms with Crippen LogP contribution in [0.4, 0.5) is 0 Å². The third-order valence-electron chi connectivity index (χ3n) is 2.87. The number of aromatic amines is 1. The van der Waals surface area contributed by atoms with Crippen molar-refractivity contribution in [1.82, 2.24) is 9.55 Å². The zero-order valence-corrected chi connectivity index (χ0v) is 11.6. The number of methoxy groups -OCH3 is 1. The van der Waals surface area contributed by atoms with Crippen LogP contribution in [0.1, 0.15) is 45.3 Å². The van der Waals surface area contributed by atoms with Crippen LogP contribution >= 0.6 is 12.2 Å². The van der Waals surface area contributed by atoms with E-state index in [4.69, 9.17) is 17.0 Å². The van der Waals surface area contributed by atoms with Crippen molar-refractivity contribution in [2.75, 3.05) is 13.7 Å². The van der Waals surface area contributed by atoms with Gasteiger partial charge < -0.3 is 14.3 Å². The second kappa shape index (κ2) is 5.64. The number of nitrogens with zero attached hydrogens (tertiary/aromatic N) is 1. The minimum absolute atomic E-state index is 0.307. The van der Waals surface area contributed by atoms with Crippen molar-refractivity contribution in [2.24, 2.45) is 5.92 Å². The van der Waals surface area contributed by atoms with Crippen molar-refractivity contribution in [3.05, 3.63) is 16.7 Å². The molecule has 0 fully saturated rings. The Morgan fingerprint density at radius 3 is 2.44 bits per heavy atom. The highest BCUT2D eigenvalue weighted by atomic mass is 32.1. The molecular weight excluding hydrogens is 220 g/mol. The second-order valence-electron chi connectivity index (χ2n) is 4.81. The normalized spacial score (nSPS) is 13.7. The van der Waals surface area contributed by atoms with Crippen LogP contribution in [0, 0.1) is 10.7 Å². The first kappa shape index (κ1) is 13.5. The van der Waals surface area contributed by atoms with Gasteiger partial charge in [-0.1, -0.05) is 27.7 Å². The van der Waals surface area contributed by atoms with Gasteiger partial charge >= 0.3 is 0 Å². The van der Waals surface area contributed by atoms with Gasteiger partial charge in [-0.05, 0) is 24.1 Å². The highest BCUT2D eigenvalue weighted by Gasteiger charge is 2.20. The SMILES string of the molecule is COCC(C(C)C)n1c(C(C)C)c[nH]c1=S. The minimum atomic E-state index is 0.307. The first-order chi connectivity index (χ1) is 7.49. The molecule has 1 N–H and O–H groups in total. The average molecular weight is 242 g/mol. The molecule has 0 saturated heterocycles. The van der Waals surface area contributed by atoms with E-state index in [1.54, 1.807) is 7.11 Å². The lowest BCUT2D eigenvalue weighted by molar-refractivity contribution is 0.130. The lowest BCUT2D eigenvalue weighted by Gasteiger charge is -2.25. The largest absolute Gasteiger partial charge is 0.383 e. The first-order valence-corrected chi connectivity index (χ1v) is 6.18. The number of aromatic nitrogens is 2. The molecule has 0 aliphatic heterocycles. The Bertz CT molecular complexity index is 379. The van der Waals surface area contributed by atoms with E-state index in [0.717, 1.165) is 4.77 Å². The quantitative estimate of drug-likeness (QED) is 0.801. The molecule has 0 bridgehead atoms. The third-order valence-corrected chi connectivity index (χ3v) is 3.19. The number of H-pyrrole nitrogens is 1. The van der Waals surface area contributed by atoms with Crippen molar-refractivity contribution >= 4 is 12.2 Å². The summed E-state index contributed by atoms with van der Waals surface area (Å²) in [6.45, 7) is 9.45. The molecular formula is C12H22N2OS. The fourth-order valence-electron chi connectivity index (χ4n) is 1.91. The van der Waals surface area contributed by atoms with Crippen LogP contribution in [0.25, 0.3) is 0 Å². The van der Waals surface area contributed by atoms with E-state index in [-0.39, 0.29) is 0 Å². The van der Waals surface area contributed by atoms with Crippen LogP contribution in [-0.2, 0) is 4.74 Å². The van der Waals surface area contributed by atoms with E-state index < -0.39 is 0 Å². The average Bonchev–Trinajstić information content (AvgIpc) is 2.56. The summed E-state index contributed by atoms with van der Waals surface area (Å²) in [5.41, 5.74) is 1.25. The Morgan fingerprint density at radius 2 is 2.00 bits per heavy atom. The van der Waals surface area contributed by atoms with Gasteiger partial charge in [0.15, 0.2) is 4.77 Å². The third kappa shape index (κ3) is 2.74. The Morgan fingerprint density at radius 1 is 1.38 bits per heavy atom. The smallest absolute Gasteiger partial charge is 0.177 e. The van der Waals surface area contributed by atoms with Crippen LogP contribution in [0.2, 0.25) is 0 Å².